The van der Waals surface area contributed by atoms with Crippen LogP contribution in [0.5, 0.6) is 0 Å². The fourth-order valence-corrected chi connectivity index (χ4v) is 10.5. The Kier molecular flexibility index (Phi) is 7.60. The minimum Gasteiger partial charge on any atom is -0.310 e. The summed E-state index contributed by atoms with van der Waals surface area (Å²) in [6.45, 7) is 24.4. The average molecular weight is 708 g/mol. The predicted octanol–water partition coefficient (Wildman–Crippen LogP) is 15.0. The monoisotopic (exact) mass is 707 g/mol. The molecule has 54 heavy (non-hydrogen) atoms. The summed E-state index contributed by atoms with van der Waals surface area (Å²) in [5, 5.41) is 2.55. The van der Waals surface area contributed by atoms with Crippen LogP contribution in [-0.2, 0) is 27.1 Å². The molecule has 0 spiro atoms. The van der Waals surface area contributed by atoms with Crippen molar-refractivity contribution < 1.29 is 0 Å². The number of fused-ring (bicyclic) bond motifs is 6. The Hall–Kier alpha value is -4.62. The van der Waals surface area contributed by atoms with Crippen molar-refractivity contribution in [3.05, 3.63) is 149 Å². The van der Waals surface area contributed by atoms with Gasteiger partial charge in [0.05, 0.1) is 5.69 Å². The lowest BCUT2D eigenvalue weighted by molar-refractivity contribution is 0.332. The van der Waals surface area contributed by atoms with Gasteiger partial charge in [-0.2, -0.15) is 0 Å². The summed E-state index contributed by atoms with van der Waals surface area (Å²) in [7, 11) is 0. The molecule has 0 radical (unpaired) electrons. The highest BCUT2D eigenvalue weighted by Gasteiger charge is 2.41. The Balaban J connectivity index is 1.39. The number of rotatable bonds is 4. The van der Waals surface area contributed by atoms with E-state index in [1.54, 1.807) is 0 Å². The summed E-state index contributed by atoms with van der Waals surface area (Å²) in [6.07, 6.45) is 4.78. The number of hydrogen-bond acceptors (Lipinski definition) is 1. The fourth-order valence-electron chi connectivity index (χ4n) is 10.5. The molecule has 0 heterocycles. The van der Waals surface area contributed by atoms with Crippen molar-refractivity contribution in [2.75, 3.05) is 4.90 Å². The molecule has 0 atom stereocenters. The van der Waals surface area contributed by atoms with Crippen LogP contribution < -0.4 is 4.90 Å². The third-order valence-electron chi connectivity index (χ3n) is 14.2. The summed E-state index contributed by atoms with van der Waals surface area (Å²) in [5.74, 6) is 0. The molecule has 0 fully saturated rings. The van der Waals surface area contributed by atoms with Gasteiger partial charge in [0.15, 0.2) is 0 Å². The summed E-state index contributed by atoms with van der Waals surface area (Å²) >= 11 is 0. The van der Waals surface area contributed by atoms with Crippen LogP contribution >= 0.6 is 0 Å². The van der Waals surface area contributed by atoms with Gasteiger partial charge in [0.1, 0.15) is 0 Å². The van der Waals surface area contributed by atoms with E-state index < -0.39 is 0 Å². The summed E-state index contributed by atoms with van der Waals surface area (Å²) < 4.78 is 0. The van der Waals surface area contributed by atoms with Crippen LogP contribution in [0.4, 0.5) is 17.1 Å². The van der Waals surface area contributed by atoms with Crippen LogP contribution in [0.25, 0.3) is 33.0 Å². The van der Waals surface area contributed by atoms with Gasteiger partial charge in [-0.15, -0.1) is 0 Å². The smallest absolute Gasteiger partial charge is 0.0543 e. The zero-order chi connectivity index (χ0) is 38.0. The van der Waals surface area contributed by atoms with Gasteiger partial charge < -0.3 is 4.90 Å². The zero-order valence-corrected chi connectivity index (χ0v) is 34.2. The van der Waals surface area contributed by atoms with Crippen LogP contribution in [0.3, 0.4) is 0 Å². The molecule has 3 aliphatic rings. The first-order valence-electron chi connectivity index (χ1n) is 20.4. The Morgan fingerprint density at radius 2 is 0.870 bits per heavy atom. The van der Waals surface area contributed by atoms with E-state index in [9.17, 15) is 0 Å². The van der Waals surface area contributed by atoms with Gasteiger partial charge in [-0.3, -0.25) is 0 Å². The largest absolute Gasteiger partial charge is 0.310 e. The first-order chi connectivity index (χ1) is 25.5. The van der Waals surface area contributed by atoms with E-state index in [1.165, 1.54) is 109 Å². The van der Waals surface area contributed by atoms with Crippen molar-refractivity contribution in [3.8, 4) is 22.3 Å². The molecule has 0 saturated carbocycles. The Labute approximate surface area is 324 Å². The Morgan fingerprint density at radius 1 is 0.370 bits per heavy atom. The molecule has 3 aliphatic carbocycles. The first kappa shape index (κ1) is 35.1. The lowest BCUT2D eigenvalue weighted by Crippen LogP contribution is -2.34. The van der Waals surface area contributed by atoms with Gasteiger partial charge >= 0.3 is 0 Å². The summed E-state index contributed by atoms with van der Waals surface area (Å²) in [5.41, 5.74) is 18.1. The lowest BCUT2D eigenvalue weighted by atomic mass is 9.63. The Morgan fingerprint density at radius 3 is 1.48 bits per heavy atom. The van der Waals surface area contributed by atoms with Gasteiger partial charge in [0, 0.05) is 22.4 Å². The van der Waals surface area contributed by atoms with E-state index in [0.717, 1.165) is 0 Å². The maximum Gasteiger partial charge on any atom is 0.0543 e. The van der Waals surface area contributed by atoms with Gasteiger partial charge in [-0.25, -0.2) is 0 Å². The van der Waals surface area contributed by atoms with Crippen molar-refractivity contribution in [1.29, 1.82) is 0 Å². The highest BCUT2D eigenvalue weighted by Crippen LogP contribution is 2.56. The molecule has 6 aromatic rings. The van der Waals surface area contributed by atoms with Crippen molar-refractivity contribution >= 4 is 27.8 Å². The van der Waals surface area contributed by atoms with E-state index in [4.69, 9.17) is 0 Å². The molecule has 6 aromatic carbocycles. The third kappa shape index (κ3) is 5.25. The van der Waals surface area contributed by atoms with Crippen molar-refractivity contribution in [1.82, 2.24) is 0 Å². The van der Waals surface area contributed by atoms with Gasteiger partial charge in [-0.05, 0) is 145 Å². The minimum absolute atomic E-state index is 0.0917. The van der Waals surface area contributed by atoms with Gasteiger partial charge in [0.25, 0.3) is 0 Å². The molecule has 0 aromatic heterocycles. The SMILES string of the molecule is CC1(C)CCC(C)(C)c2cc(N(c3ccc4c(c3)C(C)(C)CCC4(C)C)c3cc4c(cc3-c3cccc5ccccc35)-c3ccccc3C4(C)C)ccc21. The molecule has 0 bridgehead atoms. The van der Waals surface area contributed by atoms with Gasteiger partial charge in [-0.1, -0.05) is 148 Å². The van der Waals surface area contributed by atoms with E-state index in [-0.39, 0.29) is 27.1 Å². The van der Waals surface area contributed by atoms with Crippen molar-refractivity contribution in [2.24, 2.45) is 0 Å². The van der Waals surface area contributed by atoms with E-state index in [1.807, 2.05) is 0 Å². The molecule has 0 amide bonds. The van der Waals surface area contributed by atoms with E-state index in [0.29, 0.717) is 0 Å². The van der Waals surface area contributed by atoms with Crippen molar-refractivity contribution in [2.45, 2.75) is 122 Å². The van der Waals surface area contributed by atoms with E-state index in [2.05, 4.69) is 189 Å². The zero-order valence-electron chi connectivity index (χ0n) is 34.2. The minimum atomic E-state index is -0.132. The maximum atomic E-state index is 2.63. The van der Waals surface area contributed by atoms with Crippen LogP contribution in [0, 0.1) is 0 Å². The second-order valence-corrected chi connectivity index (χ2v) is 19.9. The van der Waals surface area contributed by atoms with E-state index >= 15 is 0 Å². The molecule has 0 N–H and O–H groups in total. The quantitative estimate of drug-likeness (QED) is 0.176. The number of hydrogen-bond donors (Lipinski definition) is 0. The van der Waals surface area contributed by atoms with Gasteiger partial charge in [0.2, 0.25) is 0 Å². The Bertz CT molecular complexity index is 2400. The third-order valence-corrected chi connectivity index (χ3v) is 14.2. The molecular formula is C53H57N. The second-order valence-electron chi connectivity index (χ2n) is 19.9. The van der Waals surface area contributed by atoms with Crippen LogP contribution in [0.1, 0.15) is 128 Å². The van der Waals surface area contributed by atoms with Crippen LogP contribution in [0.15, 0.2) is 115 Å². The van der Waals surface area contributed by atoms with Crippen molar-refractivity contribution in [3.63, 3.8) is 0 Å². The molecular weight excluding hydrogens is 651 g/mol. The highest BCUT2D eigenvalue weighted by molar-refractivity contribution is 6.03. The highest BCUT2D eigenvalue weighted by atomic mass is 15.1. The molecule has 0 aliphatic heterocycles. The van der Waals surface area contributed by atoms with Crippen LogP contribution in [-0.4, -0.2) is 0 Å². The number of anilines is 3. The average Bonchev–Trinajstić information content (AvgIpc) is 3.37. The molecule has 9 rings (SSSR count). The molecule has 0 unspecified atom stereocenters. The second kappa shape index (κ2) is 11.7. The molecule has 1 nitrogen and oxygen atoms in total. The topological polar surface area (TPSA) is 3.24 Å². The maximum absolute atomic E-state index is 2.63. The number of nitrogens with zero attached hydrogens (tertiary/aromatic N) is 1. The normalized spacial score (nSPS) is 19.4. The fraction of sp³-hybridized carbons (Fsp3) is 0.358. The predicted molar refractivity (Wildman–Crippen MR) is 232 cm³/mol. The summed E-state index contributed by atoms with van der Waals surface area (Å²) in [6, 6.07) is 44.8. The molecule has 274 valence electrons. The standard InChI is InChI=1S/C53H57N/c1-49(2)26-28-51(5,6)46-30-35(22-24-43(46)49)54(36-23-25-44-47(31-36)52(7,8)29-27-50(44,3)4)48-33-45-40(39-19-13-14-21-42(39)53(45,9)10)32-41(48)38-20-15-17-34-16-11-12-18-37(34)38/h11-25,30-33H,26-29H2,1-10H3. The molecule has 1 heteroatoms. The number of benzene rings is 6. The van der Waals surface area contributed by atoms with Crippen LogP contribution in [0.2, 0.25) is 0 Å². The molecule has 0 saturated heterocycles. The summed E-state index contributed by atoms with van der Waals surface area (Å²) in [4.78, 5) is 2.63. The first-order valence-corrected chi connectivity index (χ1v) is 20.4. The lowest BCUT2D eigenvalue weighted by Gasteiger charge is -2.43.